The zero-order valence-corrected chi connectivity index (χ0v) is 18.5. The number of hydrogen-bond donors (Lipinski definition) is 1. The molecule has 0 bridgehead atoms. The predicted molar refractivity (Wildman–Crippen MR) is 132 cm³/mol. The van der Waals surface area contributed by atoms with Crippen molar-refractivity contribution < 1.29 is 4.79 Å². The van der Waals surface area contributed by atoms with Crippen LogP contribution in [-0.4, -0.2) is 13.0 Å². The lowest BCUT2D eigenvalue weighted by molar-refractivity contribution is 0.0985. The first kappa shape index (κ1) is 20.3. The molecular formula is C28H23ClN2O. The number of fused-ring (bicyclic) bond motifs is 2. The first-order valence-electron chi connectivity index (χ1n) is 10.7. The summed E-state index contributed by atoms with van der Waals surface area (Å²) in [5, 5.41) is 3.83. The van der Waals surface area contributed by atoms with Crippen LogP contribution >= 0.6 is 11.6 Å². The van der Waals surface area contributed by atoms with Gasteiger partial charge in [-0.15, -0.1) is 0 Å². The molecule has 158 valence electrons. The van der Waals surface area contributed by atoms with Gasteiger partial charge in [-0.05, 0) is 58.7 Å². The smallest absolute Gasteiger partial charge is 0.258 e. The molecule has 1 aliphatic rings. The van der Waals surface area contributed by atoms with Gasteiger partial charge in [-0.2, -0.15) is 0 Å². The van der Waals surface area contributed by atoms with Crippen LogP contribution in [-0.2, 0) is 6.54 Å². The SMILES string of the molecule is CNc1ccc(C(=O)N2Cc3ccccc3C(c3ccccc3Cl)c3ccccc32)cc1. The Labute approximate surface area is 193 Å². The summed E-state index contributed by atoms with van der Waals surface area (Å²) in [5.74, 6) is -0.0738. The molecule has 1 aliphatic heterocycles. The Hall–Kier alpha value is -3.56. The van der Waals surface area contributed by atoms with Gasteiger partial charge < -0.3 is 10.2 Å². The molecule has 32 heavy (non-hydrogen) atoms. The van der Waals surface area contributed by atoms with Crippen molar-refractivity contribution in [3.63, 3.8) is 0 Å². The lowest BCUT2D eigenvalue weighted by Gasteiger charge is -2.25. The Balaban J connectivity index is 1.70. The quantitative estimate of drug-likeness (QED) is 0.385. The van der Waals surface area contributed by atoms with Crippen LogP contribution in [0.1, 0.15) is 38.5 Å². The van der Waals surface area contributed by atoms with Gasteiger partial charge in [-0.3, -0.25) is 4.79 Å². The maximum atomic E-state index is 13.7. The van der Waals surface area contributed by atoms with E-state index < -0.39 is 0 Å². The number of amides is 1. The summed E-state index contributed by atoms with van der Waals surface area (Å²) in [6.07, 6.45) is 0. The Morgan fingerprint density at radius 2 is 1.44 bits per heavy atom. The highest BCUT2D eigenvalue weighted by atomic mass is 35.5. The molecule has 1 heterocycles. The second-order valence-electron chi connectivity index (χ2n) is 7.93. The van der Waals surface area contributed by atoms with Crippen molar-refractivity contribution >= 4 is 28.9 Å². The van der Waals surface area contributed by atoms with Crippen molar-refractivity contribution in [2.24, 2.45) is 0 Å². The molecule has 4 aromatic carbocycles. The number of carbonyl (C=O) groups is 1. The molecule has 0 radical (unpaired) electrons. The number of anilines is 2. The molecule has 0 aromatic heterocycles. The number of benzene rings is 4. The average molecular weight is 439 g/mol. The van der Waals surface area contributed by atoms with Crippen molar-refractivity contribution in [2.45, 2.75) is 12.5 Å². The van der Waals surface area contributed by atoms with Gasteiger partial charge in [0.15, 0.2) is 0 Å². The summed E-state index contributed by atoms with van der Waals surface area (Å²) in [6.45, 7) is 0.501. The minimum absolute atomic E-state index is 0.0188. The minimum Gasteiger partial charge on any atom is -0.388 e. The van der Waals surface area contributed by atoms with Gasteiger partial charge in [0.1, 0.15) is 0 Å². The third-order valence-electron chi connectivity index (χ3n) is 6.12. The normalized spacial score (nSPS) is 14.8. The van der Waals surface area contributed by atoms with Crippen LogP contribution < -0.4 is 10.2 Å². The van der Waals surface area contributed by atoms with E-state index in [0.29, 0.717) is 12.1 Å². The van der Waals surface area contributed by atoms with Crippen LogP contribution in [0.15, 0.2) is 97.1 Å². The molecule has 1 amide bonds. The topological polar surface area (TPSA) is 32.3 Å². The molecule has 0 fully saturated rings. The van der Waals surface area contributed by atoms with Gasteiger partial charge >= 0.3 is 0 Å². The summed E-state index contributed by atoms with van der Waals surface area (Å²) >= 11 is 6.68. The Bertz CT molecular complexity index is 1280. The number of halogens is 1. The molecule has 0 saturated heterocycles. The fourth-order valence-electron chi connectivity index (χ4n) is 4.52. The number of carbonyl (C=O) groups excluding carboxylic acids is 1. The minimum atomic E-state index is -0.0550. The van der Waals surface area contributed by atoms with E-state index in [2.05, 4.69) is 35.6 Å². The highest BCUT2D eigenvalue weighted by molar-refractivity contribution is 6.31. The van der Waals surface area contributed by atoms with E-state index in [0.717, 1.165) is 33.1 Å². The zero-order valence-electron chi connectivity index (χ0n) is 17.8. The fraction of sp³-hybridized carbons (Fsp3) is 0.107. The first-order chi connectivity index (χ1) is 15.7. The molecular weight excluding hydrogens is 416 g/mol. The highest BCUT2D eigenvalue weighted by Crippen LogP contribution is 2.44. The monoisotopic (exact) mass is 438 g/mol. The average Bonchev–Trinajstić information content (AvgIpc) is 2.99. The number of rotatable bonds is 3. The third-order valence-corrected chi connectivity index (χ3v) is 6.46. The Morgan fingerprint density at radius 3 is 2.16 bits per heavy atom. The maximum absolute atomic E-state index is 13.7. The van der Waals surface area contributed by atoms with Crippen molar-refractivity contribution in [3.8, 4) is 0 Å². The summed E-state index contributed by atoms with van der Waals surface area (Å²) in [5.41, 5.74) is 6.96. The van der Waals surface area contributed by atoms with E-state index in [-0.39, 0.29) is 11.8 Å². The molecule has 4 aromatic rings. The molecule has 0 saturated carbocycles. The molecule has 1 atom stereocenters. The third kappa shape index (κ3) is 3.55. The van der Waals surface area contributed by atoms with Crippen molar-refractivity contribution in [1.82, 2.24) is 0 Å². The van der Waals surface area contributed by atoms with Crippen LogP contribution in [0, 0.1) is 0 Å². The van der Waals surface area contributed by atoms with Gasteiger partial charge in [0, 0.05) is 34.9 Å². The van der Waals surface area contributed by atoms with Crippen LogP contribution in [0.3, 0.4) is 0 Å². The van der Waals surface area contributed by atoms with Crippen LogP contribution in [0.4, 0.5) is 11.4 Å². The van der Waals surface area contributed by atoms with Gasteiger partial charge in [-0.1, -0.05) is 72.3 Å². The number of nitrogens with zero attached hydrogens (tertiary/aromatic N) is 1. The van der Waals surface area contributed by atoms with E-state index >= 15 is 0 Å². The number of nitrogens with one attached hydrogen (secondary N) is 1. The maximum Gasteiger partial charge on any atom is 0.258 e. The van der Waals surface area contributed by atoms with Gasteiger partial charge in [0.2, 0.25) is 0 Å². The summed E-state index contributed by atoms with van der Waals surface area (Å²) in [6, 6.07) is 32.1. The summed E-state index contributed by atoms with van der Waals surface area (Å²) in [7, 11) is 1.87. The predicted octanol–water partition coefficient (Wildman–Crippen LogP) is 6.72. The lowest BCUT2D eigenvalue weighted by Crippen LogP contribution is -2.30. The number of hydrogen-bond acceptors (Lipinski definition) is 2. The van der Waals surface area contributed by atoms with Crippen molar-refractivity contribution in [1.29, 1.82) is 0 Å². The van der Waals surface area contributed by atoms with Gasteiger partial charge in [-0.25, -0.2) is 0 Å². The van der Waals surface area contributed by atoms with Crippen LogP contribution in [0.2, 0.25) is 5.02 Å². The van der Waals surface area contributed by atoms with Crippen molar-refractivity contribution in [3.05, 3.63) is 130 Å². The summed E-state index contributed by atoms with van der Waals surface area (Å²) < 4.78 is 0. The highest BCUT2D eigenvalue weighted by Gasteiger charge is 2.31. The van der Waals surface area contributed by atoms with Crippen LogP contribution in [0.25, 0.3) is 0 Å². The van der Waals surface area contributed by atoms with Gasteiger partial charge in [0.05, 0.1) is 6.54 Å². The van der Waals surface area contributed by atoms with E-state index in [9.17, 15) is 4.79 Å². The van der Waals surface area contributed by atoms with E-state index in [1.54, 1.807) is 0 Å². The lowest BCUT2D eigenvalue weighted by atomic mass is 9.83. The van der Waals surface area contributed by atoms with E-state index in [4.69, 9.17) is 11.6 Å². The Kier molecular flexibility index (Phi) is 5.42. The fourth-order valence-corrected chi connectivity index (χ4v) is 4.77. The molecule has 1 N–H and O–H groups in total. The van der Waals surface area contributed by atoms with E-state index in [1.807, 2.05) is 78.7 Å². The number of para-hydroxylation sites is 1. The molecule has 0 spiro atoms. The van der Waals surface area contributed by atoms with Gasteiger partial charge in [0.25, 0.3) is 5.91 Å². The second kappa shape index (κ2) is 8.52. The zero-order chi connectivity index (χ0) is 22.1. The molecule has 5 rings (SSSR count). The van der Waals surface area contributed by atoms with E-state index in [1.165, 1.54) is 5.56 Å². The second-order valence-corrected chi connectivity index (χ2v) is 8.34. The summed E-state index contributed by atoms with van der Waals surface area (Å²) in [4.78, 5) is 15.6. The molecule has 3 nitrogen and oxygen atoms in total. The Morgan fingerprint density at radius 1 is 0.812 bits per heavy atom. The molecule has 4 heteroatoms. The molecule has 1 unspecified atom stereocenters. The standard InChI is InChI=1S/C28H23ClN2O/c1-30-21-16-14-19(15-17-21)28(32)31-18-20-8-2-3-9-22(20)27(23-10-4-6-12-25(23)29)24-11-5-7-13-26(24)31/h2-17,27,30H,18H2,1H3. The largest absolute Gasteiger partial charge is 0.388 e. The van der Waals surface area contributed by atoms with Crippen LogP contribution in [0.5, 0.6) is 0 Å². The molecule has 0 aliphatic carbocycles. The first-order valence-corrected chi connectivity index (χ1v) is 11.1. The van der Waals surface area contributed by atoms with Crippen molar-refractivity contribution in [2.75, 3.05) is 17.3 Å².